The Bertz CT molecular complexity index is 675. The lowest BCUT2D eigenvalue weighted by molar-refractivity contribution is -0.139. The third-order valence-corrected chi connectivity index (χ3v) is 3.72. The molecule has 0 bridgehead atoms. The third-order valence-electron chi connectivity index (χ3n) is 2.90. The predicted molar refractivity (Wildman–Crippen MR) is 88.4 cm³/mol. The van der Waals surface area contributed by atoms with Gasteiger partial charge in [-0.05, 0) is 43.4 Å². The van der Waals surface area contributed by atoms with E-state index in [4.69, 9.17) is 22.1 Å². The van der Waals surface area contributed by atoms with E-state index in [-0.39, 0.29) is 5.91 Å². The van der Waals surface area contributed by atoms with Gasteiger partial charge in [0, 0.05) is 16.6 Å². The van der Waals surface area contributed by atoms with Gasteiger partial charge in [-0.15, -0.1) is 0 Å². The highest BCUT2D eigenvalue weighted by Gasteiger charge is 2.29. The largest absolute Gasteiger partial charge is 0.481 e. The monoisotopic (exact) mass is 384 g/mol. The van der Waals surface area contributed by atoms with Crippen LogP contribution in [0.4, 0.5) is 0 Å². The first-order valence-corrected chi connectivity index (χ1v) is 7.61. The Morgan fingerprint density at radius 1 is 1.55 bits per heavy atom. The highest BCUT2D eigenvalue weighted by molar-refractivity contribution is 9.10. The van der Waals surface area contributed by atoms with Crippen LogP contribution in [0.2, 0.25) is 0 Å². The van der Waals surface area contributed by atoms with Gasteiger partial charge in [0.25, 0.3) is 5.91 Å². The van der Waals surface area contributed by atoms with Crippen LogP contribution in [0.3, 0.4) is 0 Å². The Labute approximate surface area is 140 Å². The second-order valence-corrected chi connectivity index (χ2v) is 5.70. The molecule has 2 rings (SSSR count). The van der Waals surface area contributed by atoms with Gasteiger partial charge in [0.15, 0.2) is 11.7 Å². The first-order valence-electron chi connectivity index (χ1n) is 6.41. The molecule has 1 aromatic carbocycles. The van der Waals surface area contributed by atoms with Gasteiger partial charge in [0.05, 0.1) is 0 Å². The van der Waals surface area contributed by atoms with Crippen LogP contribution >= 0.6 is 28.1 Å². The number of rotatable bonds is 5. The van der Waals surface area contributed by atoms with Gasteiger partial charge >= 0.3 is 5.97 Å². The number of carbonyl (C=O) groups excluding carboxylic acids is 1. The van der Waals surface area contributed by atoms with E-state index >= 15 is 0 Å². The molecule has 0 radical (unpaired) electrons. The smallest absolute Gasteiger partial charge is 0.341 e. The topological polar surface area (TPSA) is 78.9 Å². The number of likely N-dealkylation sites (N-methyl/N-ethyl adjacent to an activating group) is 1. The molecule has 0 atom stereocenters. The van der Waals surface area contributed by atoms with Crippen molar-refractivity contribution in [1.82, 2.24) is 10.2 Å². The van der Waals surface area contributed by atoms with Gasteiger partial charge in [0.1, 0.15) is 11.4 Å². The highest BCUT2D eigenvalue weighted by Crippen LogP contribution is 2.26. The zero-order valence-electron chi connectivity index (χ0n) is 11.6. The van der Waals surface area contributed by atoms with Gasteiger partial charge in [-0.25, -0.2) is 4.79 Å². The zero-order chi connectivity index (χ0) is 16.3. The molecule has 2 N–H and O–H groups in total. The number of carboxylic acid groups (broad SMARTS) is 1. The summed E-state index contributed by atoms with van der Waals surface area (Å²) >= 11 is 8.42. The Hall–Kier alpha value is -1.93. The maximum Gasteiger partial charge on any atom is 0.341 e. The zero-order valence-corrected chi connectivity index (χ0v) is 14.0. The number of carboxylic acids is 1. The number of nitrogens with zero attached hydrogens (tertiary/aromatic N) is 1. The predicted octanol–water partition coefficient (Wildman–Crippen LogP) is 1.99. The van der Waals surface area contributed by atoms with E-state index in [1.54, 1.807) is 24.3 Å². The van der Waals surface area contributed by atoms with Crippen molar-refractivity contribution in [3.63, 3.8) is 0 Å². The van der Waals surface area contributed by atoms with Gasteiger partial charge < -0.3 is 15.2 Å². The molecule has 1 aromatic rings. The number of halogens is 1. The van der Waals surface area contributed by atoms with Crippen molar-refractivity contribution in [3.05, 3.63) is 33.9 Å². The average molecular weight is 385 g/mol. The summed E-state index contributed by atoms with van der Waals surface area (Å²) in [5.41, 5.74) is 0.900. The van der Waals surface area contributed by atoms with E-state index < -0.39 is 12.6 Å². The molecule has 1 aliphatic rings. The summed E-state index contributed by atoms with van der Waals surface area (Å²) in [5, 5.41) is 11.9. The minimum absolute atomic E-state index is 0.225. The number of carbonyl (C=O) groups is 2. The molecule has 22 heavy (non-hydrogen) atoms. The molecule has 1 aliphatic heterocycles. The number of hydrogen-bond donors (Lipinski definition) is 2. The summed E-state index contributed by atoms with van der Waals surface area (Å²) in [4.78, 5) is 24.2. The van der Waals surface area contributed by atoms with Crippen molar-refractivity contribution in [2.24, 2.45) is 0 Å². The van der Waals surface area contributed by atoms with E-state index in [2.05, 4.69) is 21.2 Å². The van der Waals surface area contributed by atoms with E-state index in [1.807, 2.05) is 6.92 Å². The molecule has 116 valence electrons. The quantitative estimate of drug-likeness (QED) is 0.596. The van der Waals surface area contributed by atoms with Crippen molar-refractivity contribution in [2.45, 2.75) is 6.92 Å². The first kappa shape index (κ1) is 16.4. The van der Waals surface area contributed by atoms with Crippen molar-refractivity contribution < 1.29 is 19.4 Å². The van der Waals surface area contributed by atoms with E-state index in [0.717, 1.165) is 4.47 Å². The van der Waals surface area contributed by atoms with Gasteiger partial charge in [0.2, 0.25) is 0 Å². The van der Waals surface area contributed by atoms with Gasteiger partial charge in [-0.1, -0.05) is 15.9 Å². The van der Waals surface area contributed by atoms with Crippen LogP contribution in [0.15, 0.2) is 28.4 Å². The van der Waals surface area contributed by atoms with E-state index in [1.165, 1.54) is 4.90 Å². The Morgan fingerprint density at radius 3 is 2.86 bits per heavy atom. The molecule has 1 saturated heterocycles. The fourth-order valence-electron chi connectivity index (χ4n) is 1.92. The maximum absolute atomic E-state index is 12.2. The summed E-state index contributed by atoms with van der Waals surface area (Å²) in [6, 6.07) is 5.09. The molecular weight excluding hydrogens is 372 g/mol. The molecule has 0 saturated carbocycles. The molecule has 1 amide bonds. The van der Waals surface area contributed by atoms with Gasteiger partial charge in [-0.2, -0.15) is 0 Å². The number of benzene rings is 1. The maximum atomic E-state index is 12.2. The fraction of sp³-hybridized carbons (Fsp3) is 0.214. The van der Waals surface area contributed by atoms with Crippen LogP contribution in [0.1, 0.15) is 12.5 Å². The number of amides is 1. The fourth-order valence-corrected chi connectivity index (χ4v) is 2.62. The molecular formula is C14H13BrN2O4S. The molecule has 0 aliphatic carbocycles. The van der Waals surface area contributed by atoms with Crippen LogP contribution in [0, 0.1) is 0 Å². The summed E-state index contributed by atoms with van der Waals surface area (Å²) in [6.07, 6.45) is 1.59. The lowest BCUT2D eigenvalue weighted by atomic mass is 10.1. The number of ether oxygens (including phenoxy) is 1. The minimum Gasteiger partial charge on any atom is -0.481 e. The second kappa shape index (κ2) is 6.89. The molecule has 8 heteroatoms. The molecule has 0 aromatic heterocycles. The Balaban J connectivity index is 2.34. The van der Waals surface area contributed by atoms with Crippen LogP contribution in [0.25, 0.3) is 6.08 Å². The molecule has 1 fully saturated rings. The summed E-state index contributed by atoms with van der Waals surface area (Å²) in [7, 11) is 0. The van der Waals surface area contributed by atoms with Crippen LogP contribution < -0.4 is 10.1 Å². The van der Waals surface area contributed by atoms with Crippen molar-refractivity contribution in [1.29, 1.82) is 0 Å². The summed E-state index contributed by atoms with van der Waals surface area (Å²) < 4.78 is 6.01. The number of aliphatic carboxylic acids is 1. The number of thiocarbonyl (C=S) groups is 1. The Morgan fingerprint density at radius 2 is 2.27 bits per heavy atom. The first-order chi connectivity index (χ1) is 10.4. The molecule has 6 nitrogen and oxygen atoms in total. The van der Waals surface area contributed by atoms with E-state index in [9.17, 15) is 9.59 Å². The third kappa shape index (κ3) is 3.63. The number of hydrogen-bond acceptors (Lipinski definition) is 4. The summed E-state index contributed by atoms with van der Waals surface area (Å²) in [6.45, 7) is 1.84. The SMILES string of the molecule is CCN1C(=O)C(=Cc2cc(Br)ccc2OCC(=O)O)NC1=S. The van der Waals surface area contributed by atoms with Gasteiger partial charge in [-0.3, -0.25) is 9.69 Å². The normalized spacial score (nSPS) is 16.1. The van der Waals surface area contributed by atoms with Crippen molar-refractivity contribution in [3.8, 4) is 5.75 Å². The van der Waals surface area contributed by atoms with Crippen molar-refractivity contribution >= 4 is 51.2 Å². The average Bonchev–Trinajstić information content (AvgIpc) is 2.72. The highest BCUT2D eigenvalue weighted by atomic mass is 79.9. The Kier molecular flexibility index (Phi) is 5.15. The lowest BCUT2D eigenvalue weighted by Crippen LogP contribution is -2.30. The molecule has 0 unspecified atom stereocenters. The van der Waals surface area contributed by atoms with Crippen molar-refractivity contribution in [2.75, 3.05) is 13.2 Å². The summed E-state index contributed by atoms with van der Waals surface area (Å²) in [5.74, 6) is -0.930. The van der Waals surface area contributed by atoms with Crippen LogP contribution in [0.5, 0.6) is 5.75 Å². The number of nitrogens with one attached hydrogen (secondary N) is 1. The molecule has 1 heterocycles. The van der Waals surface area contributed by atoms with E-state index in [0.29, 0.717) is 28.7 Å². The second-order valence-electron chi connectivity index (χ2n) is 4.40. The van der Waals surface area contributed by atoms with Crippen LogP contribution in [-0.2, 0) is 9.59 Å². The minimum atomic E-state index is -1.07. The molecule has 0 spiro atoms. The lowest BCUT2D eigenvalue weighted by Gasteiger charge is -2.09. The standard InChI is InChI=1S/C14H13BrN2O4S/c1-2-17-13(20)10(16-14(17)22)6-8-5-9(15)3-4-11(8)21-7-12(18)19/h3-6H,2,7H2,1H3,(H,16,22)(H,18,19). The van der Waals surface area contributed by atoms with Crippen LogP contribution in [-0.4, -0.2) is 40.1 Å².